The zero-order chi connectivity index (χ0) is 44.0. The minimum atomic E-state index is -0.236. The molecule has 0 radical (unpaired) electrons. The molecule has 0 bridgehead atoms. The van der Waals surface area contributed by atoms with E-state index in [2.05, 4.69) is 105 Å². The third kappa shape index (κ3) is 9.14. The van der Waals surface area contributed by atoms with Gasteiger partial charge in [0.1, 0.15) is 35.6 Å². The molecule has 5 saturated heterocycles. The Labute approximate surface area is 382 Å². The van der Waals surface area contributed by atoms with Crippen LogP contribution in [0.25, 0.3) is 0 Å². The quantitative estimate of drug-likeness (QED) is 0.186. The number of nitriles is 1. The van der Waals surface area contributed by atoms with Crippen LogP contribution in [-0.4, -0.2) is 120 Å². The van der Waals surface area contributed by atoms with Gasteiger partial charge in [-0.1, -0.05) is 13.8 Å². The molecule has 1 spiro atoms. The Hall–Kier alpha value is -3.50. The molecule has 2 saturated carbocycles. The standard InChI is InChI=1S/C48H68N10O5S/c1-28-29(2)64-47-43(28)44(52-39(24-42-50-19-22-61-42)45-56-53-30(3)58(45)47)31-5-10-34(11-6-31)63-37-25-48(26-37)17-20-57(21-18-48)41-16-15-38(54-55-41)46(59)51-33-8-13-35(14-9-33)62-36-12-7-32(27-49)40(23-36)60-4/h5-7,10-12,23,28-30,33,35,37-39,41-43,45,47,50,53-56H,8-9,13-22,24-26H2,1-4H3,(H,51,59)/t28?,29?,30?,33?,35?,38?,39-,41?,42?,43?,45?,47?/m0/s1. The third-order valence-electron chi connectivity index (χ3n) is 15.9. The van der Waals surface area contributed by atoms with Crippen molar-refractivity contribution in [2.75, 3.05) is 33.4 Å². The Kier molecular flexibility index (Phi) is 13.2. The molecule has 6 N–H and O–H groups in total. The molecule has 2 aliphatic carbocycles. The normalized spacial score (nSPS) is 36.5. The fraction of sp³-hybridized carbons (Fsp3) is 0.688. The van der Waals surface area contributed by atoms with E-state index in [1.807, 2.05) is 6.07 Å². The maximum Gasteiger partial charge on any atom is 0.238 e. The van der Waals surface area contributed by atoms with E-state index in [4.69, 9.17) is 23.9 Å². The number of hydrogen-bond donors (Lipinski definition) is 6. The molecule has 0 aromatic heterocycles. The Bertz CT molecular complexity index is 2020. The number of hydrogen-bond acceptors (Lipinski definition) is 15. The lowest BCUT2D eigenvalue weighted by Gasteiger charge is -2.53. The lowest BCUT2D eigenvalue weighted by atomic mass is 9.61. The predicted octanol–water partition coefficient (Wildman–Crippen LogP) is 4.58. The van der Waals surface area contributed by atoms with Crippen LogP contribution in [0.2, 0.25) is 0 Å². The van der Waals surface area contributed by atoms with Crippen molar-refractivity contribution in [3.8, 4) is 23.3 Å². The summed E-state index contributed by atoms with van der Waals surface area (Å²) in [7, 11) is 1.56. The highest BCUT2D eigenvalue weighted by molar-refractivity contribution is 8.00. The van der Waals surface area contributed by atoms with Crippen molar-refractivity contribution >= 4 is 23.4 Å². The van der Waals surface area contributed by atoms with Gasteiger partial charge in [0.05, 0.1) is 61.4 Å². The zero-order valence-electron chi connectivity index (χ0n) is 37.9. The highest BCUT2D eigenvalue weighted by atomic mass is 32.2. The second-order valence-electron chi connectivity index (χ2n) is 19.8. The Morgan fingerprint density at radius 3 is 2.42 bits per heavy atom. The molecule has 2 aromatic carbocycles. The largest absolute Gasteiger partial charge is 0.495 e. The summed E-state index contributed by atoms with van der Waals surface area (Å²) in [6, 6.07) is 16.3. The number of fused-ring (bicyclic) bond motifs is 3. The van der Waals surface area contributed by atoms with Crippen LogP contribution in [0.5, 0.6) is 17.2 Å². The first-order chi connectivity index (χ1) is 31.2. The van der Waals surface area contributed by atoms with E-state index in [1.54, 1.807) is 19.2 Å². The molecule has 6 heterocycles. The summed E-state index contributed by atoms with van der Waals surface area (Å²) in [5.41, 5.74) is 17.3. The second-order valence-corrected chi connectivity index (χ2v) is 21.3. The molecule has 10 atom stereocenters. The molecule has 9 unspecified atom stereocenters. The minimum absolute atomic E-state index is 0.0263. The van der Waals surface area contributed by atoms with Crippen LogP contribution in [0, 0.1) is 28.6 Å². The van der Waals surface area contributed by atoms with Crippen molar-refractivity contribution in [3.05, 3.63) is 53.6 Å². The molecule has 6 aliphatic heterocycles. The summed E-state index contributed by atoms with van der Waals surface area (Å²) in [5, 5.41) is 17.0. The van der Waals surface area contributed by atoms with Crippen LogP contribution in [0.1, 0.15) is 103 Å². The van der Waals surface area contributed by atoms with Crippen LogP contribution < -0.4 is 46.5 Å². The number of benzene rings is 2. The molecule has 16 heteroatoms. The van der Waals surface area contributed by atoms with E-state index < -0.39 is 0 Å². The van der Waals surface area contributed by atoms with Gasteiger partial charge < -0.3 is 24.3 Å². The average molecular weight is 897 g/mol. The van der Waals surface area contributed by atoms with E-state index in [-0.39, 0.29) is 61.0 Å². The van der Waals surface area contributed by atoms with E-state index in [1.165, 1.54) is 24.1 Å². The van der Waals surface area contributed by atoms with Crippen LogP contribution in [0.15, 0.2) is 47.5 Å². The SMILES string of the molecule is COc1cc(OC2CCC(NC(=O)C3CCC(N4CCC5(CC4)CC(Oc4ccc(C6=N[C@@H](CC7NCCO7)C7NNC(C)N7C7SC(C)C(C)C67)cc4)C5)NN3)CC2)ccc1C#N. The van der Waals surface area contributed by atoms with Crippen LogP contribution >= 0.6 is 11.8 Å². The van der Waals surface area contributed by atoms with Gasteiger partial charge >= 0.3 is 0 Å². The number of aliphatic imine (C=N–C) groups is 1. The van der Waals surface area contributed by atoms with E-state index in [9.17, 15) is 10.1 Å². The summed E-state index contributed by atoms with van der Waals surface area (Å²) in [6.07, 6.45) is 11.6. The first-order valence-electron chi connectivity index (χ1n) is 24.1. The number of methoxy groups -OCH3 is 1. The average Bonchev–Trinajstić information content (AvgIpc) is 4.02. The number of hydrazine groups is 2. The van der Waals surface area contributed by atoms with Gasteiger partial charge in [-0.15, -0.1) is 11.8 Å². The molecular weight excluding hydrogens is 829 g/mol. The van der Waals surface area contributed by atoms with Crippen LogP contribution in [0.4, 0.5) is 0 Å². The summed E-state index contributed by atoms with van der Waals surface area (Å²) >= 11 is 2.10. The Morgan fingerprint density at radius 1 is 0.953 bits per heavy atom. The van der Waals surface area contributed by atoms with Gasteiger partial charge in [0.25, 0.3) is 0 Å². The van der Waals surface area contributed by atoms with Crippen molar-refractivity contribution in [2.45, 2.75) is 157 Å². The number of ether oxygens (including phenoxy) is 4. The van der Waals surface area contributed by atoms with E-state index in [0.717, 1.165) is 89.8 Å². The van der Waals surface area contributed by atoms with Crippen molar-refractivity contribution < 1.29 is 23.7 Å². The van der Waals surface area contributed by atoms with Crippen LogP contribution in [-0.2, 0) is 9.53 Å². The molecule has 15 nitrogen and oxygen atoms in total. The molecule has 64 heavy (non-hydrogen) atoms. The third-order valence-corrected chi connectivity index (χ3v) is 17.5. The van der Waals surface area contributed by atoms with Gasteiger partial charge in [-0.2, -0.15) is 5.26 Å². The number of rotatable bonds is 11. The van der Waals surface area contributed by atoms with Gasteiger partial charge in [0.2, 0.25) is 5.91 Å². The molecular formula is C48H68N10O5S. The first-order valence-corrected chi connectivity index (χ1v) is 25.0. The molecule has 1 amide bonds. The molecule has 7 fully saturated rings. The highest BCUT2D eigenvalue weighted by Crippen LogP contribution is 2.52. The smallest absolute Gasteiger partial charge is 0.238 e. The number of carbonyl (C=O) groups excluding carboxylic acids is 1. The topological polar surface area (TPSA) is 169 Å². The molecule has 10 rings (SSSR count). The molecule has 2 aromatic rings. The van der Waals surface area contributed by atoms with Crippen LogP contribution in [0.3, 0.4) is 0 Å². The molecule has 8 aliphatic rings. The lowest BCUT2D eigenvalue weighted by Crippen LogP contribution is -2.64. The lowest BCUT2D eigenvalue weighted by molar-refractivity contribution is -0.126. The second kappa shape index (κ2) is 19.0. The number of likely N-dealkylation sites (tertiary alicyclic amines) is 1. The summed E-state index contributed by atoms with van der Waals surface area (Å²) in [6.45, 7) is 10.8. The van der Waals surface area contributed by atoms with Gasteiger partial charge in [-0.3, -0.25) is 24.9 Å². The number of nitrogens with one attached hydrogen (secondary N) is 6. The Morgan fingerprint density at radius 2 is 1.72 bits per heavy atom. The number of amides is 1. The molecule has 346 valence electrons. The predicted molar refractivity (Wildman–Crippen MR) is 246 cm³/mol. The maximum atomic E-state index is 13.3. The van der Waals surface area contributed by atoms with Crippen molar-refractivity contribution in [2.24, 2.45) is 22.2 Å². The summed E-state index contributed by atoms with van der Waals surface area (Å²) < 4.78 is 24.2. The van der Waals surface area contributed by atoms with E-state index in [0.29, 0.717) is 44.9 Å². The number of nitrogens with zero attached hydrogens (tertiary/aromatic N) is 4. The zero-order valence-corrected chi connectivity index (χ0v) is 38.7. The van der Waals surface area contributed by atoms with Gasteiger partial charge in [0, 0.05) is 55.0 Å². The highest BCUT2D eigenvalue weighted by Gasteiger charge is 2.54. The number of carbonyl (C=O) groups is 1. The van der Waals surface area contributed by atoms with Crippen molar-refractivity contribution in [1.29, 1.82) is 5.26 Å². The van der Waals surface area contributed by atoms with Gasteiger partial charge in [-0.05, 0) is 124 Å². The summed E-state index contributed by atoms with van der Waals surface area (Å²) in [4.78, 5) is 24.1. The fourth-order valence-electron chi connectivity index (χ4n) is 11.9. The van der Waals surface area contributed by atoms with E-state index >= 15 is 0 Å². The first kappa shape index (κ1) is 44.3. The van der Waals surface area contributed by atoms with Crippen molar-refractivity contribution in [1.82, 2.24) is 42.1 Å². The maximum absolute atomic E-state index is 13.3. The number of piperidine rings is 1. The monoisotopic (exact) mass is 897 g/mol. The van der Waals surface area contributed by atoms with Gasteiger partial charge in [0.15, 0.2) is 0 Å². The summed E-state index contributed by atoms with van der Waals surface area (Å²) in [5.74, 6) is 3.09. The Balaban J connectivity index is 0.668. The van der Waals surface area contributed by atoms with Gasteiger partial charge in [-0.25, -0.2) is 21.7 Å². The fourth-order valence-corrected chi connectivity index (χ4v) is 13.8. The minimum Gasteiger partial charge on any atom is -0.495 e. The number of thioether (sulfide) groups is 1. The van der Waals surface area contributed by atoms with Crippen molar-refractivity contribution in [3.63, 3.8) is 0 Å².